The number of aromatic nitrogens is 1. The first kappa shape index (κ1) is 14.1. The molecule has 0 aliphatic heterocycles. The number of benzene rings is 1. The van der Waals surface area contributed by atoms with Gasteiger partial charge in [0.15, 0.2) is 0 Å². The molecule has 0 aliphatic rings. The van der Waals surface area contributed by atoms with E-state index in [1.807, 2.05) is 32.0 Å². The second-order valence-electron chi connectivity index (χ2n) is 4.41. The van der Waals surface area contributed by atoms with Crippen LogP contribution in [0.3, 0.4) is 0 Å². The third kappa shape index (κ3) is 3.57. The summed E-state index contributed by atoms with van der Waals surface area (Å²) in [6.45, 7) is 4.45. The average molecular weight is 270 g/mol. The molecule has 104 valence electrons. The first-order valence-electron chi connectivity index (χ1n) is 6.65. The van der Waals surface area contributed by atoms with Crippen molar-refractivity contribution in [2.45, 2.75) is 19.9 Å². The zero-order chi connectivity index (χ0) is 14.4. The van der Waals surface area contributed by atoms with Crippen molar-refractivity contribution in [2.75, 3.05) is 6.61 Å². The van der Waals surface area contributed by atoms with Crippen LogP contribution in [0.1, 0.15) is 35.9 Å². The lowest BCUT2D eigenvalue weighted by molar-refractivity contribution is 0.0939. The van der Waals surface area contributed by atoms with Crippen LogP contribution in [0, 0.1) is 0 Å². The van der Waals surface area contributed by atoms with Gasteiger partial charge in [0.1, 0.15) is 5.75 Å². The lowest BCUT2D eigenvalue weighted by atomic mass is 10.1. The van der Waals surface area contributed by atoms with Crippen LogP contribution in [0.25, 0.3) is 0 Å². The van der Waals surface area contributed by atoms with E-state index in [9.17, 15) is 4.79 Å². The minimum Gasteiger partial charge on any atom is -0.494 e. The molecule has 1 N–H and O–H groups in total. The van der Waals surface area contributed by atoms with E-state index in [1.54, 1.807) is 30.5 Å². The summed E-state index contributed by atoms with van der Waals surface area (Å²) >= 11 is 0. The van der Waals surface area contributed by atoms with Crippen LogP contribution in [0.4, 0.5) is 0 Å². The van der Waals surface area contributed by atoms with Gasteiger partial charge in [0.2, 0.25) is 0 Å². The average Bonchev–Trinajstić information content (AvgIpc) is 2.49. The Hall–Kier alpha value is -2.36. The quantitative estimate of drug-likeness (QED) is 0.908. The van der Waals surface area contributed by atoms with Crippen LogP contribution in [0.2, 0.25) is 0 Å². The van der Waals surface area contributed by atoms with E-state index in [1.165, 1.54) is 0 Å². The van der Waals surface area contributed by atoms with Crippen molar-refractivity contribution < 1.29 is 9.53 Å². The number of rotatable bonds is 5. The number of amides is 1. The van der Waals surface area contributed by atoms with Gasteiger partial charge in [-0.25, -0.2) is 0 Å². The Labute approximate surface area is 118 Å². The lowest BCUT2D eigenvalue weighted by Crippen LogP contribution is -2.27. The molecule has 0 aliphatic carbocycles. The van der Waals surface area contributed by atoms with Crippen molar-refractivity contribution in [1.82, 2.24) is 10.3 Å². The summed E-state index contributed by atoms with van der Waals surface area (Å²) in [6, 6.07) is 12.6. The van der Waals surface area contributed by atoms with Gasteiger partial charge in [-0.15, -0.1) is 0 Å². The van der Waals surface area contributed by atoms with Gasteiger partial charge in [0.25, 0.3) is 5.91 Å². The highest BCUT2D eigenvalue weighted by Gasteiger charge is 2.12. The van der Waals surface area contributed by atoms with Crippen LogP contribution < -0.4 is 10.1 Å². The zero-order valence-corrected chi connectivity index (χ0v) is 11.7. The molecule has 0 unspecified atom stereocenters. The highest BCUT2D eigenvalue weighted by molar-refractivity contribution is 5.94. The van der Waals surface area contributed by atoms with Crippen LogP contribution in [-0.4, -0.2) is 17.5 Å². The highest BCUT2D eigenvalue weighted by atomic mass is 16.5. The summed E-state index contributed by atoms with van der Waals surface area (Å²) in [5.41, 5.74) is 1.45. The molecular formula is C16H18N2O2. The Kier molecular flexibility index (Phi) is 4.71. The van der Waals surface area contributed by atoms with E-state index in [0.717, 1.165) is 11.4 Å². The largest absolute Gasteiger partial charge is 0.494 e. The minimum atomic E-state index is -0.129. The number of hydrogen-bond donors (Lipinski definition) is 1. The summed E-state index contributed by atoms with van der Waals surface area (Å²) in [5, 5.41) is 2.92. The van der Waals surface area contributed by atoms with Crippen LogP contribution >= 0.6 is 0 Å². The van der Waals surface area contributed by atoms with Gasteiger partial charge < -0.3 is 10.1 Å². The molecule has 2 rings (SSSR count). The molecule has 0 fully saturated rings. The molecule has 0 radical (unpaired) electrons. The van der Waals surface area contributed by atoms with Crippen molar-refractivity contribution in [3.8, 4) is 5.75 Å². The molecule has 2 aromatic rings. The van der Waals surface area contributed by atoms with Gasteiger partial charge in [-0.3, -0.25) is 9.78 Å². The standard InChI is InChI=1S/C16H18N2O2/c1-3-20-14-9-7-13(8-10-14)16(19)18-12(2)15-6-4-5-11-17-15/h4-12H,3H2,1-2H3,(H,18,19)/t12-/m1/s1. The second kappa shape index (κ2) is 6.70. The van der Waals surface area contributed by atoms with Crippen LogP contribution in [-0.2, 0) is 0 Å². The lowest BCUT2D eigenvalue weighted by Gasteiger charge is -2.13. The molecular weight excluding hydrogens is 252 g/mol. The predicted octanol–water partition coefficient (Wildman–Crippen LogP) is 2.97. The Morgan fingerprint density at radius 2 is 2.00 bits per heavy atom. The van der Waals surface area contributed by atoms with E-state index in [-0.39, 0.29) is 11.9 Å². The Morgan fingerprint density at radius 1 is 1.25 bits per heavy atom. The second-order valence-corrected chi connectivity index (χ2v) is 4.41. The Bertz CT molecular complexity index is 552. The normalized spacial score (nSPS) is 11.7. The van der Waals surface area contributed by atoms with E-state index < -0.39 is 0 Å². The topological polar surface area (TPSA) is 51.2 Å². The molecule has 1 aromatic carbocycles. The van der Waals surface area contributed by atoms with Crippen molar-refractivity contribution in [3.63, 3.8) is 0 Å². The van der Waals surface area contributed by atoms with Crippen molar-refractivity contribution in [2.24, 2.45) is 0 Å². The van der Waals surface area contributed by atoms with E-state index >= 15 is 0 Å². The molecule has 1 amide bonds. The Morgan fingerprint density at radius 3 is 2.60 bits per heavy atom. The summed E-state index contributed by atoms with van der Waals surface area (Å²) < 4.78 is 5.35. The monoisotopic (exact) mass is 270 g/mol. The molecule has 0 saturated carbocycles. The molecule has 0 bridgehead atoms. The van der Waals surface area contributed by atoms with Gasteiger partial charge >= 0.3 is 0 Å². The summed E-state index contributed by atoms with van der Waals surface area (Å²) in [7, 11) is 0. The van der Waals surface area contributed by atoms with Gasteiger partial charge in [0.05, 0.1) is 18.3 Å². The van der Waals surface area contributed by atoms with Gasteiger partial charge in [0, 0.05) is 11.8 Å². The SMILES string of the molecule is CCOc1ccc(C(=O)N[C@H](C)c2ccccn2)cc1. The predicted molar refractivity (Wildman–Crippen MR) is 77.7 cm³/mol. The van der Waals surface area contributed by atoms with Crippen LogP contribution in [0.15, 0.2) is 48.7 Å². The van der Waals surface area contributed by atoms with E-state index in [4.69, 9.17) is 4.74 Å². The molecule has 4 heteroatoms. The van der Waals surface area contributed by atoms with Gasteiger partial charge in [-0.2, -0.15) is 0 Å². The fourth-order valence-electron chi connectivity index (χ4n) is 1.86. The number of nitrogens with one attached hydrogen (secondary N) is 1. The number of carbonyl (C=O) groups excluding carboxylic acids is 1. The maximum atomic E-state index is 12.1. The molecule has 0 saturated heterocycles. The van der Waals surface area contributed by atoms with Crippen molar-refractivity contribution in [3.05, 3.63) is 59.9 Å². The number of pyridine rings is 1. The summed E-state index contributed by atoms with van der Waals surface area (Å²) in [5.74, 6) is 0.646. The number of nitrogens with zero attached hydrogens (tertiary/aromatic N) is 1. The maximum absolute atomic E-state index is 12.1. The van der Waals surface area contributed by atoms with Gasteiger partial charge in [-0.1, -0.05) is 6.07 Å². The first-order chi connectivity index (χ1) is 9.70. The van der Waals surface area contributed by atoms with Gasteiger partial charge in [-0.05, 0) is 50.2 Å². The number of ether oxygens (including phenoxy) is 1. The molecule has 0 spiro atoms. The third-order valence-electron chi connectivity index (χ3n) is 2.91. The smallest absolute Gasteiger partial charge is 0.251 e. The fraction of sp³-hybridized carbons (Fsp3) is 0.250. The van der Waals surface area contributed by atoms with Crippen molar-refractivity contribution in [1.29, 1.82) is 0 Å². The Balaban J connectivity index is 2.01. The summed E-state index contributed by atoms with van der Waals surface area (Å²) in [4.78, 5) is 16.3. The zero-order valence-electron chi connectivity index (χ0n) is 11.7. The number of hydrogen-bond acceptors (Lipinski definition) is 3. The molecule has 20 heavy (non-hydrogen) atoms. The summed E-state index contributed by atoms with van der Waals surface area (Å²) in [6.07, 6.45) is 1.72. The number of carbonyl (C=O) groups is 1. The van der Waals surface area contributed by atoms with E-state index in [2.05, 4.69) is 10.3 Å². The maximum Gasteiger partial charge on any atom is 0.251 e. The third-order valence-corrected chi connectivity index (χ3v) is 2.91. The molecule has 1 atom stereocenters. The molecule has 1 aromatic heterocycles. The molecule has 4 nitrogen and oxygen atoms in total. The minimum absolute atomic E-state index is 0.119. The van der Waals surface area contributed by atoms with E-state index in [0.29, 0.717) is 12.2 Å². The van der Waals surface area contributed by atoms with Crippen LogP contribution in [0.5, 0.6) is 5.75 Å². The highest BCUT2D eigenvalue weighted by Crippen LogP contribution is 2.14. The first-order valence-corrected chi connectivity index (χ1v) is 6.65. The molecule has 1 heterocycles. The van der Waals surface area contributed by atoms with Crippen molar-refractivity contribution >= 4 is 5.91 Å². The fourth-order valence-corrected chi connectivity index (χ4v) is 1.86.